The lowest BCUT2D eigenvalue weighted by Crippen LogP contribution is -2.42. The van der Waals surface area contributed by atoms with Crippen molar-refractivity contribution in [1.82, 2.24) is 34.3 Å². The average molecular weight is 555 g/mol. The summed E-state index contributed by atoms with van der Waals surface area (Å²) >= 11 is 0. The van der Waals surface area contributed by atoms with Gasteiger partial charge in [-0.05, 0) is 37.3 Å². The lowest BCUT2D eigenvalue weighted by atomic mass is 10.0. The van der Waals surface area contributed by atoms with Crippen LogP contribution >= 0.6 is 0 Å². The normalized spacial score (nSPS) is 15.4. The number of nitrogens with zero attached hydrogens (tertiary/aromatic N) is 8. The van der Waals surface area contributed by atoms with E-state index in [1.165, 1.54) is 19.2 Å². The summed E-state index contributed by atoms with van der Waals surface area (Å²) in [7, 11) is 1.54. The lowest BCUT2D eigenvalue weighted by Gasteiger charge is -2.32. The van der Waals surface area contributed by atoms with Gasteiger partial charge >= 0.3 is 0 Å². The molecule has 2 atom stereocenters. The summed E-state index contributed by atoms with van der Waals surface area (Å²) in [6.07, 6.45) is 8.36. The fourth-order valence-corrected chi connectivity index (χ4v) is 5.20. The smallest absolute Gasteiger partial charge is 0.180 e. The number of rotatable bonds is 8. The molecule has 0 saturated heterocycles. The average Bonchev–Trinajstić information content (AvgIpc) is 3.56. The predicted octanol–water partition coefficient (Wildman–Crippen LogP) is 3.46. The second-order valence-electron chi connectivity index (χ2n) is 9.80. The van der Waals surface area contributed by atoms with Crippen molar-refractivity contribution in [3.05, 3.63) is 89.6 Å². The van der Waals surface area contributed by atoms with E-state index in [2.05, 4.69) is 21.3 Å². The first kappa shape index (κ1) is 26.2. The highest BCUT2D eigenvalue weighted by molar-refractivity contribution is 5.75. The van der Waals surface area contributed by atoms with E-state index in [9.17, 15) is 14.8 Å². The zero-order chi connectivity index (χ0) is 28.5. The number of ether oxygens (including phenoxy) is 2. The molecule has 41 heavy (non-hydrogen) atoms. The summed E-state index contributed by atoms with van der Waals surface area (Å²) in [6.45, 7) is 2.56. The second-order valence-corrected chi connectivity index (χ2v) is 9.80. The number of fused-ring (bicyclic) bond motifs is 2. The van der Waals surface area contributed by atoms with Gasteiger partial charge in [-0.2, -0.15) is 15.5 Å². The molecule has 0 aromatic carbocycles. The zero-order valence-corrected chi connectivity index (χ0v) is 22.5. The molecule has 1 unspecified atom stereocenters. The second kappa shape index (κ2) is 10.9. The molecule has 12 heteroatoms. The summed E-state index contributed by atoms with van der Waals surface area (Å²) in [5, 5.41) is 29.4. The van der Waals surface area contributed by atoms with E-state index in [-0.39, 0.29) is 12.6 Å². The van der Waals surface area contributed by atoms with Gasteiger partial charge in [-0.3, -0.25) is 19.5 Å². The molecule has 11 nitrogen and oxygen atoms in total. The molecule has 0 fully saturated rings. The number of pyridine rings is 3. The Balaban J connectivity index is 1.38. The van der Waals surface area contributed by atoms with Crippen LogP contribution in [0, 0.1) is 24.2 Å². The highest BCUT2D eigenvalue weighted by Crippen LogP contribution is 2.37. The highest BCUT2D eigenvalue weighted by Gasteiger charge is 2.30. The maximum atomic E-state index is 13.5. The molecule has 5 aromatic rings. The van der Waals surface area contributed by atoms with Gasteiger partial charge in [0.1, 0.15) is 5.82 Å². The third-order valence-electron chi connectivity index (χ3n) is 7.32. The van der Waals surface area contributed by atoms with E-state index in [0.29, 0.717) is 42.2 Å². The van der Waals surface area contributed by atoms with Crippen LogP contribution in [0.5, 0.6) is 11.5 Å². The van der Waals surface area contributed by atoms with Crippen LogP contribution < -0.4 is 9.47 Å². The fourth-order valence-electron chi connectivity index (χ4n) is 5.20. The highest BCUT2D eigenvalue weighted by atomic mass is 19.1. The third kappa shape index (κ3) is 4.92. The number of hydrogen-bond donors (Lipinski definition) is 1. The van der Waals surface area contributed by atoms with Crippen molar-refractivity contribution in [1.29, 1.82) is 5.26 Å². The van der Waals surface area contributed by atoms with Crippen molar-refractivity contribution in [2.45, 2.75) is 38.6 Å². The Morgan fingerprint density at radius 1 is 1.20 bits per heavy atom. The molecule has 1 aliphatic heterocycles. The van der Waals surface area contributed by atoms with Crippen LogP contribution in [-0.2, 0) is 19.5 Å². The van der Waals surface area contributed by atoms with E-state index < -0.39 is 11.9 Å². The third-order valence-corrected chi connectivity index (χ3v) is 7.32. The van der Waals surface area contributed by atoms with Crippen LogP contribution in [0.2, 0.25) is 0 Å². The van der Waals surface area contributed by atoms with Gasteiger partial charge in [0.25, 0.3) is 0 Å². The molecule has 0 bridgehead atoms. The van der Waals surface area contributed by atoms with Gasteiger partial charge < -0.3 is 14.6 Å². The molecule has 0 aliphatic carbocycles. The van der Waals surface area contributed by atoms with Crippen LogP contribution in [0.1, 0.15) is 28.7 Å². The first-order chi connectivity index (χ1) is 20.0. The maximum absolute atomic E-state index is 13.5. The zero-order valence-electron chi connectivity index (χ0n) is 22.5. The van der Waals surface area contributed by atoms with E-state index in [1.807, 2.05) is 42.1 Å². The van der Waals surface area contributed by atoms with Crippen LogP contribution in [0.15, 0.2) is 61.2 Å². The molecule has 0 saturated carbocycles. The van der Waals surface area contributed by atoms with Crippen LogP contribution in [0.4, 0.5) is 4.39 Å². The minimum Gasteiger partial charge on any atom is -0.493 e. The van der Waals surface area contributed by atoms with Gasteiger partial charge in [-0.1, -0.05) is 6.07 Å². The Morgan fingerprint density at radius 2 is 2.07 bits per heavy atom. The molecular formula is C29H27FN8O3. The van der Waals surface area contributed by atoms with Gasteiger partial charge in [0.05, 0.1) is 62.3 Å². The van der Waals surface area contributed by atoms with Gasteiger partial charge in [-0.25, -0.2) is 8.91 Å². The van der Waals surface area contributed by atoms with Crippen molar-refractivity contribution >= 4 is 5.52 Å². The molecule has 6 rings (SSSR count). The maximum Gasteiger partial charge on any atom is 0.180 e. The Kier molecular flexibility index (Phi) is 6.94. The number of hydrogen-bond acceptors (Lipinski definition) is 9. The fraction of sp³-hybridized carbons (Fsp3) is 0.276. The van der Waals surface area contributed by atoms with Crippen LogP contribution in [0.3, 0.4) is 0 Å². The SMILES string of the molecule is COc1cnn2cc(-c3nn4c(c3C)CN(C#N)[C@@H](Cc3ccccn3)C4)cc(OC(CO)c3ccc(F)cn3)c12. The van der Waals surface area contributed by atoms with E-state index in [4.69, 9.17) is 14.6 Å². The van der Waals surface area contributed by atoms with Gasteiger partial charge in [0.15, 0.2) is 29.3 Å². The van der Waals surface area contributed by atoms with E-state index in [1.54, 1.807) is 21.8 Å². The van der Waals surface area contributed by atoms with Crippen LogP contribution in [-0.4, -0.2) is 59.1 Å². The summed E-state index contributed by atoms with van der Waals surface area (Å²) in [6, 6.07) is 10.3. The number of aliphatic hydroxyl groups is 1. The number of methoxy groups -OCH3 is 1. The minimum atomic E-state index is -0.859. The molecule has 5 aromatic heterocycles. The quantitative estimate of drug-likeness (QED) is 0.287. The molecule has 1 aliphatic rings. The molecule has 208 valence electrons. The van der Waals surface area contributed by atoms with Gasteiger partial charge in [0, 0.05) is 35.6 Å². The first-order valence-electron chi connectivity index (χ1n) is 13.1. The summed E-state index contributed by atoms with van der Waals surface area (Å²) in [5.41, 5.74) is 5.18. The largest absolute Gasteiger partial charge is 0.493 e. The van der Waals surface area contributed by atoms with Crippen molar-refractivity contribution in [2.24, 2.45) is 0 Å². The summed E-state index contributed by atoms with van der Waals surface area (Å²) in [4.78, 5) is 10.3. The van der Waals surface area contributed by atoms with Crippen molar-refractivity contribution in [2.75, 3.05) is 13.7 Å². The molecule has 0 radical (unpaired) electrons. The van der Waals surface area contributed by atoms with Gasteiger partial charge in [0.2, 0.25) is 0 Å². The Labute approximate surface area is 235 Å². The standard InChI is InChI=1S/C29H27FN8O3/c1-18-24-15-36(17-31)22(10-21-5-3-4-8-32-21)14-37(24)35-28(18)19-9-25(29-26(40-2)12-34-38(29)13-19)41-27(16-39)23-7-6-20(30)11-33-23/h3-9,11-13,22,27,39H,10,14-16H2,1-2H3/t22-,27?/m0/s1. The Hall–Kier alpha value is -5.02. The van der Waals surface area contributed by atoms with Gasteiger partial charge in [-0.15, -0.1) is 0 Å². The molecule has 6 heterocycles. The Bertz CT molecular complexity index is 1730. The number of aromatic nitrogens is 6. The summed E-state index contributed by atoms with van der Waals surface area (Å²) in [5.74, 6) is 0.390. The topological polar surface area (TPSA) is 127 Å². The van der Waals surface area contributed by atoms with Crippen molar-refractivity contribution < 1.29 is 19.0 Å². The minimum absolute atomic E-state index is 0.0835. The summed E-state index contributed by atoms with van der Waals surface area (Å²) < 4.78 is 28.8. The number of aliphatic hydroxyl groups excluding tert-OH is 1. The lowest BCUT2D eigenvalue weighted by molar-refractivity contribution is 0.114. The van der Waals surface area contributed by atoms with E-state index in [0.717, 1.165) is 34.4 Å². The number of nitriles is 1. The number of halogens is 1. The van der Waals surface area contributed by atoms with Crippen LogP contribution in [0.25, 0.3) is 16.8 Å². The monoisotopic (exact) mass is 554 g/mol. The molecule has 0 amide bonds. The molecule has 0 spiro atoms. The van der Waals surface area contributed by atoms with E-state index >= 15 is 0 Å². The molecular weight excluding hydrogens is 527 g/mol. The Morgan fingerprint density at radius 3 is 2.78 bits per heavy atom. The van der Waals surface area contributed by atoms with Crippen molar-refractivity contribution in [3.63, 3.8) is 0 Å². The molecule has 1 N–H and O–H groups in total. The first-order valence-corrected chi connectivity index (χ1v) is 13.1. The van der Waals surface area contributed by atoms with Crippen molar-refractivity contribution in [3.8, 4) is 28.9 Å². The predicted molar refractivity (Wildman–Crippen MR) is 145 cm³/mol.